The van der Waals surface area contributed by atoms with Crippen molar-refractivity contribution in [3.8, 4) is 0 Å². The van der Waals surface area contributed by atoms with E-state index < -0.39 is 0 Å². The molecule has 0 amide bonds. The van der Waals surface area contributed by atoms with E-state index in [2.05, 4.69) is 50.2 Å². The number of rotatable bonds is 1. The first kappa shape index (κ1) is 11.4. The standard InChI is InChI=1S/C17H14S2/c1-3-13-9-12-5-7-14-15(17(12)19-13)6-4-11-8-10(2)18-16(11)14/h4-9H,3H2,1-2H3. The Labute approximate surface area is 120 Å². The minimum atomic E-state index is 1.13. The van der Waals surface area contributed by atoms with Gasteiger partial charge in [0.1, 0.15) is 0 Å². The maximum absolute atomic E-state index is 2.34. The van der Waals surface area contributed by atoms with Gasteiger partial charge in [0.05, 0.1) is 0 Å². The van der Waals surface area contributed by atoms with Crippen molar-refractivity contribution in [2.24, 2.45) is 0 Å². The van der Waals surface area contributed by atoms with E-state index in [-0.39, 0.29) is 0 Å². The third kappa shape index (κ3) is 1.63. The van der Waals surface area contributed by atoms with Crippen LogP contribution in [0.5, 0.6) is 0 Å². The van der Waals surface area contributed by atoms with Crippen LogP contribution < -0.4 is 0 Å². The van der Waals surface area contributed by atoms with Gasteiger partial charge in [-0.05, 0) is 36.2 Å². The van der Waals surface area contributed by atoms with Gasteiger partial charge in [0.15, 0.2) is 0 Å². The van der Waals surface area contributed by atoms with Crippen LogP contribution in [0.15, 0.2) is 36.4 Å². The van der Waals surface area contributed by atoms with Gasteiger partial charge in [-0.1, -0.05) is 31.2 Å². The van der Waals surface area contributed by atoms with Crippen LogP contribution in [0, 0.1) is 6.92 Å². The average molecular weight is 282 g/mol. The van der Waals surface area contributed by atoms with Crippen LogP contribution >= 0.6 is 22.7 Å². The fraction of sp³-hybridized carbons (Fsp3) is 0.176. The SMILES string of the molecule is CCc1cc2ccc3c(ccc4cc(C)sc43)c2s1. The van der Waals surface area contributed by atoms with Crippen LogP contribution in [0.2, 0.25) is 0 Å². The second kappa shape index (κ2) is 4.06. The molecule has 19 heavy (non-hydrogen) atoms. The Bertz CT molecular complexity index is 909. The van der Waals surface area contributed by atoms with Gasteiger partial charge in [-0.25, -0.2) is 0 Å². The highest BCUT2D eigenvalue weighted by molar-refractivity contribution is 7.21. The molecule has 0 aliphatic carbocycles. The van der Waals surface area contributed by atoms with E-state index in [1.807, 2.05) is 22.7 Å². The number of hydrogen-bond donors (Lipinski definition) is 0. The summed E-state index contributed by atoms with van der Waals surface area (Å²) in [7, 11) is 0. The molecule has 2 aromatic heterocycles. The van der Waals surface area contributed by atoms with Crippen LogP contribution in [-0.2, 0) is 6.42 Å². The minimum absolute atomic E-state index is 1.13. The zero-order valence-corrected chi connectivity index (χ0v) is 12.6. The van der Waals surface area contributed by atoms with Crippen LogP contribution in [-0.4, -0.2) is 0 Å². The minimum Gasteiger partial charge on any atom is -0.140 e. The topological polar surface area (TPSA) is 0 Å². The molecule has 0 nitrogen and oxygen atoms in total. The lowest BCUT2D eigenvalue weighted by molar-refractivity contribution is 1.19. The molecule has 4 rings (SSSR count). The second-order valence-corrected chi connectivity index (χ2v) is 7.38. The third-order valence-electron chi connectivity index (χ3n) is 3.68. The summed E-state index contributed by atoms with van der Waals surface area (Å²) in [6, 6.07) is 13.8. The monoisotopic (exact) mass is 282 g/mol. The van der Waals surface area contributed by atoms with E-state index >= 15 is 0 Å². The number of aryl methyl sites for hydroxylation is 2. The Hall–Kier alpha value is -1.38. The first-order valence-corrected chi connectivity index (χ1v) is 8.24. The van der Waals surface area contributed by atoms with Gasteiger partial charge in [-0.15, -0.1) is 22.7 Å². The molecule has 0 N–H and O–H groups in total. The first-order valence-electron chi connectivity index (χ1n) is 6.60. The van der Waals surface area contributed by atoms with Gasteiger partial charge in [-0.2, -0.15) is 0 Å². The van der Waals surface area contributed by atoms with Gasteiger partial charge in [0.2, 0.25) is 0 Å². The first-order chi connectivity index (χ1) is 9.26. The highest BCUT2D eigenvalue weighted by atomic mass is 32.1. The van der Waals surface area contributed by atoms with E-state index in [0.29, 0.717) is 0 Å². The number of thiophene rings is 2. The van der Waals surface area contributed by atoms with E-state index in [1.54, 1.807) is 0 Å². The summed E-state index contributed by atoms with van der Waals surface area (Å²) in [6.07, 6.45) is 1.13. The molecule has 2 heteroatoms. The van der Waals surface area contributed by atoms with Crippen LogP contribution in [0.1, 0.15) is 16.7 Å². The zero-order valence-electron chi connectivity index (χ0n) is 11.0. The lowest BCUT2D eigenvalue weighted by atomic mass is 10.1. The van der Waals surface area contributed by atoms with Crippen molar-refractivity contribution in [3.05, 3.63) is 46.2 Å². The van der Waals surface area contributed by atoms with Crippen LogP contribution in [0.25, 0.3) is 30.9 Å². The Morgan fingerprint density at radius 1 is 0.842 bits per heavy atom. The Balaban J connectivity index is 2.20. The van der Waals surface area contributed by atoms with E-state index in [4.69, 9.17) is 0 Å². The largest absolute Gasteiger partial charge is 0.140 e. The van der Waals surface area contributed by atoms with Crippen LogP contribution in [0.4, 0.5) is 0 Å². The molecule has 0 aliphatic heterocycles. The molecule has 0 aliphatic rings. The highest BCUT2D eigenvalue weighted by Crippen LogP contribution is 2.38. The lowest BCUT2D eigenvalue weighted by Gasteiger charge is -2.00. The normalized spacial score (nSPS) is 11.9. The molecule has 0 fully saturated rings. The van der Waals surface area contributed by atoms with E-state index in [9.17, 15) is 0 Å². The summed E-state index contributed by atoms with van der Waals surface area (Å²) in [5, 5.41) is 5.59. The van der Waals surface area contributed by atoms with Crippen LogP contribution in [0.3, 0.4) is 0 Å². The molecule has 0 saturated carbocycles. The van der Waals surface area contributed by atoms with Crippen molar-refractivity contribution >= 4 is 53.6 Å². The molecule has 2 aromatic carbocycles. The van der Waals surface area contributed by atoms with E-state index in [0.717, 1.165) is 6.42 Å². The van der Waals surface area contributed by atoms with Gasteiger partial charge >= 0.3 is 0 Å². The molecule has 0 saturated heterocycles. The van der Waals surface area contributed by atoms with Gasteiger partial charge in [0.25, 0.3) is 0 Å². The maximum Gasteiger partial charge on any atom is 0.0424 e. The maximum atomic E-state index is 2.34. The number of hydrogen-bond acceptors (Lipinski definition) is 2. The zero-order chi connectivity index (χ0) is 13.0. The van der Waals surface area contributed by atoms with Gasteiger partial charge < -0.3 is 0 Å². The van der Waals surface area contributed by atoms with Gasteiger partial charge in [0, 0.05) is 29.9 Å². The molecule has 2 heterocycles. The summed E-state index contributed by atoms with van der Waals surface area (Å²) in [6.45, 7) is 4.42. The highest BCUT2D eigenvalue weighted by Gasteiger charge is 2.09. The third-order valence-corrected chi connectivity index (χ3v) is 6.11. The Morgan fingerprint density at radius 3 is 2.16 bits per heavy atom. The Morgan fingerprint density at radius 2 is 1.47 bits per heavy atom. The molecular weight excluding hydrogens is 268 g/mol. The smallest absolute Gasteiger partial charge is 0.0424 e. The fourth-order valence-corrected chi connectivity index (χ4v) is 4.92. The lowest BCUT2D eigenvalue weighted by Crippen LogP contribution is -1.72. The summed E-state index contributed by atoms with van der Waals surface area (Å²) in [5.74, 6) is 0. The summed E-state index contributed by atoms with van der Waals surface area (Å²) in [5.41, 5.74) is 0. The molecule has 0 unspecified atom stereocenters. The fourth-order valence-electron chi connectivity index (χ4n) is 2.76. The number of fused-ring (bicyclic) bond motifs is 5. The molecule has 0 atom stereocenters. The van der Waals surface area contributed by atoms with Crippen molar-refractivity contribution in [1.29, 1.82) is 0 Å². The summed E-state index contributed by atoms with van der Waals surface area (Å²) >= 11 is 3.85. The summed E-state index contributed by atoms with van der Waals surface area (Å²) in [4.78, 5) is 2.87. The predicted octanol–water partition coefficient (Wildman–Crippen LogP) is 6.14. The van der Waals surface area contributed by atoms with Crippen molar-refractivity contribution in [3.63, 3.8) is 0 Å². The summed E-state index contributed by atoms with van der Waals surface area (Å²) < 4.78 is 2.88. The van der Waals surface area contributed by atoms with Gasteiger partial charge in [-0.3, -0.25) is 0 Å². The second-order valence-electron chi connectivity index (χ2n) is 4.99. The average Bonchev–Trinajstić information content (AvgIpc) is 2.99. The molecule has 0 spiro atoms. The molecule has 94 valence electrons. The van der Waals surface area contributed by atoms with Crippen molar-refractivity contribution in [2.45, 2.75) is 20.3 Å². The number of benzene rings is 2. The van der Waals surface area contributed by atoms with E-state index in [1.165, 1.54) is 40.7 Å². The quantitative estimate of drug-likeness (QED) is 0.393. The molecular formula is C17H14S2. The molecule has 0 radical (unpaired) electrons. The Kier molecular flexibility index (Phi) is 2.44. The molecule has 0 bridgehead atoms. The van der Waals surface area contributed by atoms with Crippen molar-refractivity contribution in [2.75, 3.05) is 0 Å². The van der Waals surface area contributed by atoms with Crippen molar-refractivity contribution < 1.29 is 0 Å². The molecule has 4 aromatic rings. The van der Waals surface area contributed by atoms with Crippen molar-refractivity contribution in [1.82, 2.24) is 0 Å². The predicted molar refractivity (Wildman–Crippen MR) is 88.8 cm³/mol.